The number of thioether (sulfide) groups is 2. The van der Waals surface area contributed by atoms with Gasteiger partial charge in [0.05, 0.1) is 0 Å². The highest BCUT2D eigenvalue weighted by Gasteiger charge is 2.30. The van der Waals surface area contributed by atoms with Crippen LogP contribution in [0.3, 0.4) is 0 Å². The lowest BCUT2D eigenvalue weighted by molar-refractivity contribution is 0.441. The predicted molar refractivity (Wildman–Crippen MR) is 84.3 cm³/mol. The van der Waals surface area contributed by atoms with E-state index in [1.165, 1.54) is 37.2 Å². The summed E-state index contributed by atoms with van der Waals surface area (Å²) in [4.78, 5) is 0. The Morgan fingerprint density at radius 1 is 1.18 bits per heavy atom. The molecular weight excluding hydrogens is 246 g/mol. The van der Waals surface area contributed by atoms with E-state index >= 15 is 0 Å². The fourth-order valence-electron chi connectivity index (χ4n) is 2.53. The van der Waals surface area contributed by atoms with E-state index < -0.39 is 0 Å². The van der Waals surface area contributed by atoms with Crippen LogP contribution >= 0.6 is 23.5 Å². The fraction of sp³-hybridized carbons (Fsp3) is 1.00. The molecule has 1 fully saturated rings. The molecule has 0 aromatic rings. The summed E-state index contributed by atoms with van der Waals surface area (Å²) in [5.74, 6) is 3.54. The molecule has 0 aliphatic carbocycles. The van der Waals surface area contributed by atoms with Gasteiger partial charge in [0, 0.05) is 28.0 Å². The average Bonchev–Trinajstić information content (AvgIpc) is 2.34. The first-order valence-corrected chi connectivity index (χ1v) is 9.19. The second kappa shape index (κ2) is 8.71. The monoisotopic (exact) mass is 275 g/mol. The zero-order chi connectivity index (χ0) is 12.7. The highest BCUT2D eigenvalue weighted by Crippen LogP contribution is 2.36. The molecule has 0 amide bonds. The quantitative estimate of drug-likeness (QED) is 0.753. The molecule has 3 heteroatoms. The second-order valence-corrected chi connectivity index (χ2v) is 8.01. The Kier molecular flexibility index (Phi) is 8.05. The Hall–Kier alpha value is 0.660. The van der Waals surface area contributed by atoms with Crippen LogP contribution in [0.4, 0.5) is 0 Å². The normalized spacial score (nSPS) is 27.4. The van der Waals surface area contributed by atoms with Crippen LogP contribution in [0.2, 0.25) is 0 Å². The first kappa shape index (κ1) is 15.7. The average molecular weight is 276 g/mol. The molecule has 0 aromatic carbocycles. The van der Waals surface area contributed by atoms with Crippen molar-refractivity contribution in [2.45, 2.75) is 63.0 Å². The molecule has 3 unspecified atom stereocenters. The van der Waals surface area contributed by atoms with E-state index in [4.69, 9.17) is 0 Å². The molecule has 1 N–H and O–H groups in total. The second-order valence-electron chi connectivity index (χ2n) is 5.37. The van der Waals surface area contributed by atoms with Gasteiger partial charge in [0.15, 0.2) is 0 Å². The van der Waals surface area contributed by atoms with Gasteiger partial charge in [0.25, 0.3) is 0 Å². The SMILES string of the molecule is CCC1SCCSC1C(CCCC(C)C)NC. The Labute approximate surface area is 116 Å². The molecule has 0 bridgehead atoms. The molecule has 1 saturated heterocycles. The molecule has 1 heterocycles. The van der Waals surface area contributed by atoms with Gasteiger partial charge in [-0.25, -0.2) is 0 Å². The molecule has 102 valence electrons. The van der Waals surface area contributed by atoms with Gasteiger partial charge in [-0.1, -0.05) is 33.6 Å². The molecule has 0 spiro atoms. The van der Waals surface area contributed by atoms with Crippen LogP contribution in [0.25, 0.3) is 0 Å². The molecule has 17 heavy (non-hydrogen) atoms. The van der Waals surface area contributed by atoms with Gasteiger partial charge in [0.1, 0.15) is 0 Å². The largest absolute Gasteiger partial charge is 0.316 e. The van der Waals surface area contributed by atoms with Gasteiger partial charge in [-0.15, -0.1) is 0 Å². The van der Waals surface area contributed by atoms with Crippen molar-refractivity contribution in [1.82, 2.24) is 5.32 Å². The summed E-state index contributed by atoms with van der Waals surface area (Å²) >= 11 is 4.40. The van der Waals surface area contributed by atoms with E-state index in [9.17, 15) is 0 Å². The van der Waals surface area contributed by atoms with Crippen molar-refractivity contribution >= 4 is 23.5 Å². The third-order valence-corrected chi connectivity index (χ3v) is 6.97. The highest BCUT2D eigenvalue weighted by atomic mass is 32.2. The van der Waals surface area contributed by atoms with Crippen molar-refractivity contribution in [3.05, 3.63) is 0 Å². The number of hydrogen-bond acceptors (Lipinski definition) is 3. The van der Waals surface area contributed by atoms with Crippen molar-refractivity contribution in [3.63, 3.8) is 0 Å². The van der Waals surface area contributed by atoms with Crippen LogP contribution in [-0.4, -0.2) is 35.1 Å². The van der Waals surface area contributed by atoms with Crippen molar-refractivity contribution < 1.29 is 0 Å². The first-order chi connectivity index (χ1) is 8.19. The Balaban J connectivity index is 2.40. The standard InChI is InChI=1S/C14H29NS2/c1-5-13-14(17-10-9-16-13)12(15-4)8-6-7-11(2)3/h11-15H,5-10H2,1-4H3. The fourth-order valence-corrected chi connectivity index (χ4v) is 5.87. The minimum absolute atomic E-state index is 0.719. The molecule has 1 aliphatic rings. The van der Waals surface area contributed by atoms with E-state index in [0.29, 0.717) is 0 Å². The van der Waals surface area contributed by atoms with E-state index in [1.54, 1.807) is 0 Å². The Morgan fingerprint density at radius 2 is 1.88 bits per heavy atom. The lowest BCUT2D eigenvalue weighted by Crippen LogP contribution is -2.43. The van der Waals surface area contributed by atoms with Crippen LogP contribution in [-0.2, 0) is 0 Å². The molecular formula is C14H29NS2. The number of hydrogen-bond donors (Lipinski definition) is 1. The van der Waals surface area contributed by atoms with Gasteiger partial charge < -0.3 is 5.32 Å². The van der Waals surface area contributed by atoms with Crippen LogP contribution < -0.4 is 5.32 Å². The number of rotatable bonds is 7. The highest BCUT2D eigenvalue weighted by molar-refractivity contribution is 8.07. The molecule has 3 atom stereocenters. The van der Waals surface area contributed by atoms with E-state index in [1.807, 2.05) is 0 Å². The zero-order valence-corrected chi connectivity index (χ0v) is 13.5. The minimum Gasteiger partial charge on any atom is -0.316 e. The summed E-state index contributed by atoms with van der Waals surface area (Å²) in [5, 5.41) is 5.27. The summed E-state index contributed by atoms with van der Waals surface area (Å²) in [5.41, 5.74) is 0. The maximum atomic E-state index is 3.58. The topological polar surface area (TPSA) is 12.0 Å². The maximum absolute atomic E-state index is 3.58. The van der Waals surface area contributed by atoms with E-state index in [0.717, 1.165) is 22.5 Å². The molecule has 1 nitrogen and oxygen atoms in total. The predicted octanol–water partition coefficient (Wildman–Crippen LogP) is 4.03. The van der Waals surface area contributed by atoms with E-state index in [2.05, 4.69) is 56.7 Å². The van der Waals surface area contributed by atoms with Crippen molar-refractivity contribution in [2.75, 3.05) is 18.6 Å². The van der Waals surface area contributed by atoms with Crippen LogP contribution in [0, 0.1) is 5.92 Å². The molecule has 1 aliphatic heterocycles. The summed E-state index contributed by atoms with van der Waals surface area (Å²) in [6, 6.07) is 0.719. The van der Waals surface area contributed by atoms with Gasteiger partial charge in [0.2, 0.25) is 0 Å². The third kappa shape index (κ3) is 5.44. The van der Waals surface area contributed by atoms with Crippen LogP contribution in [0.5, 0.6) is 0 Å². The van der Waals surface area contributed by atoms with Gasteiger partial charge in [-0.2, -0.15) is 23.5 Å². The molecule has 0 radical (unpaired) electrons. The van der Waals surface area contributed by atoms with Crippen LogP contribution in [0.1, 0.15) is 46.5 Å². The van der Waals surface area contributed by atoms with Crippen molar-refractivity contribution in [3.8, 4) is 0 Å². The lowest BCUT2D eigenvalue weighted by atomic mass is 9.99. The van der Waals surface area contributed by atoms with Gasteiger partial charge in [-0.3, -0.25) is 0 Å². The van der Waals surface area contributed by atoms with E-state index in [-0.39, 0.29) is 0 Å². The minimum atomic E-state index is 0.719. The smallest absolute Gasteiger partial charge is 0.0320 e. The van der Waals surface area contributed by atoms with Gasteiger partial charge >= 0.3 is 0 Å². The first-order valence-electron chi connectivity index (χ1n) is 7.09. The summed E-state index contributed by atoms with van der Waals surface area (Å²) < 4.78 is 0. The number of nitrogens with one attached hydrogen (secondary N) is 1. The summed E-state index contributed by atoms with van der Waals surface area (Å²) in [7, 11) is 2.15. The van der Waals surface area contributed by atoms with Crippen LogP contribution in [0.15, 0.2) is 0 Å². The maximum Gasteiger partial charge on any atom is 0.0320 e. The van der Waals surface area contributed by atoms with Crippen molar-refractivity contribution in [1.29, 1.82) is 0 Å². The zero-order valence-electron chi connectivity index (χ0n) is 11.9. The Morgan fingerprint density at radius 3 is 2.47 bits per heavy atom. The summed E-state index contributed by atoms with van der Waals surface area (Å²) in [6.45, 7) is 7.00. The third-order valence-electron chi connectivity index (χ3n) is 3.56. The molecule has 1 rings (SSSR count). The Bertz CT molecular complexity index is 197. The lowest BCUT2D eigenvalue weighted by Gasteiger charge is -2.36. The summed E-state index contributed by atoms with van der Waals surface area (Å²) in [6.07, 6.45) is 5.43. The molecule has 0 saturated carbocycles. The van der Waals surface area contributed by atoms with Gasteiger partial charge in [-0.05, 0) is 25.8 Å². The van der Waals surface area contributed by atoms with Crippen molar-refractivity contribution in [2.24, 2.45) is 5.92 Å². The molecule has 0 aromatic heterocycles.